The quantitative estimate of drug-likeness (QED) is 0.815. The third-order valence-corrected chi connectivity index (χ3v) is 4.80. The van der Waals surface area contributed by atoms with Crippen molar-refractivity contribution >= 4 is 17.6 Å². The second-order valence-corrected chi connectivity index (χ2v) is 6.60. The lowest BCUT2D eigenvalue weighted by Gasteiger charge is -2.36. The first-order chi connectivity index (χ1) is 12.0. The lowest BCUT2D eigenvalue weighted by Crippen LogP contribution is -2.52. The molecule has 2 aliphatic rings. The van der Waals surface area contributed by atoms with Crippen LogP contribution in [0.4, 0.5) is 5.82 Å². The Bertz CT molecular complexity index is 630. The summed E-state index contributed by atoms with van der Waals surface area (Å²) < 4.78 is 0. The standard InChI is InChI=1S/C17H25N5O3/c1-13-18-6-5-15(19-13)20-8-10-21(11-9-20)16(24)12-22-7-3-2-4-14(23)17(22)25/h5-6,14,23H,2-4,7-12H2,1H3. The van der Waals surface area contributed by atoms with Gasteiger partial charge in [-0.1, -0.05) is 0 Å². The molecule has 3 heterocycles. The van der Waals surface area contributed by atoms with Gasteiger partial charge in [-0.25, -0.2) is 9.97 Å². The summed E-state index contributed by atoms with van der Waals surface area (Å²) in [7, 11) is 0. The molecule has 2 amide bonds. The first kappa shape index (κ1) is 17.6. The fourth-order valence-corrected chi connectivity index (χ4v) is 3.31. The molecule has 0 aliphatic carbocycles. The summed E-state index contributed by atoms with van der Waals surface area (Å²) >= 11 is 0. The molecule has 0 aromatic carbocycles. The summed E-state index contributed by atoms with van der Waals surface area (Å²) in [6.45, 7) is 5.08. The summed E-state index contributed by atoms with van der Waals surface area (Å²) in [4.78, 5) is 38.6. The van der Waals surface area contributed by atoms with Gasteiger partial charge in [0.25, 0.3) is 5.91 Å². The summed E-state index contributed by atoms with van der Waals surface area (Å²) in [6, 6.07) is 1.88. The number of anilines is 1. The van der Waals surface area contributed by atoms with Crippen LogP contribution in [0, 0.1) is 6.92 Å². The van der Waals surface area contributed by atoms with Gasteiger partial charge in [-0.05, 0) is 32.3 Å². The van der Waals surface area contributed by atoms with E-state index in [-0.39, 0.29) is 18.4 Å². The molecule has 0 radical (unpaired) electrons. The van der Waals surface area contributed by atoms with Crippen LogP contribution >= 0.6 is 0 Å². The van der Waals surface area contributed by atoms with E-state index < -0.39 is 6.10 Å². The smallest absolute Gasteiger partial charge is 0.251 e. The summed E-state index contributed by atoms with van der Waals surface area (Å²) in [5, 5.41) is 9.80. The van der Waals surface area contributed by atoms with Gasteiger partial charge in [0, 0.05) is 38.9 Å². The third-order valence-electron chi connectivity index (χ3n) is 4.80. The Hall–Kier alpha value is -2.22. The van der Waals surface area contributed by atoms with Gasteiger partial charge in [0.15, 0.2) is 0 Å². The van der Waals surface area contributed by atoms with Crippen LogP contribution < -0.4 is 4.90 Å². The van der Waals surface area contributed by atoms with Gasteiger partial charge >= 0.3 is 0 Å². The van der Waals surface area contributed by atoms with Gasteiger partial charge in [-0.3, -0.25) is 9.59 Å². The van der Waals surface area contributed by atoms with Crippen molar-refractivity contribution in [2.24, 2.45) is 0 Å². The lowest BCUT2D eigenvalue weighted by atomic mass is 10.2. The molecular formula is C17H25N5O3. The molecule has 1 N–H and O–H groups in total. The van der Waals surface area contributed by atoms with Gasteiger partial charge < -0.3 is 19.8 Å². The van der Waals surface area contributed by atoms with Gasteiger partial charge in [-0.2, -0.15) is 0 Å². The Kier molecular flexibility index (Phi) is 5.47. The van der Waals surface area contributed by atoms with Gasteiger partial charge in [0.2, 0.25) is 5.91 Å². The van der Waals surface area contributed by atoms with Crippen LogP contribution in [0.5, 0.6) is 0 Å². The van der Waals surface area contributed by atoms with Crippen molar-refractivity contribution in [3.63, 3.8) is 0 Å². The van der Waals surface area contributed by atoms with E-state index in [4.69, 9.17) is 0 Å². The monoisotopic (exact) mass is 347 g/mol. The Balaban J connectivity index is 1.53. The highest BCUT2D eigenvalue weighted by atomic mass is 16.3. The first-order valence-electron chi connectivity index (χ1n) is 8.84. The fourth-order valence-electron chi connectivity index (χ4n) is 3.31. The fraction of sp³-hybridized carbons (Fsp3) is 0.647. The largest absolute Gasteiger partial charge is 0.383 e. The van der Waals surface area contributed by atoms with E-state index in [1.165, 1.54) is 4.90 Å². The normalized spacial score (nSPS) is 22.1. The molecule has 2 fully saturated rings. The number of hydrogen-bond acceptors (Lipinski definition) is 6. The highest BCUT2D eigenvalue weighted by Gasteiger charge is 2.29. The molecule has 0 spiro atoms. The first-order valence-corrected chi connectivity index (χ1v) is 8.84. The Morgan fingerprint density at radius 3 is 2.72 bits per heavy atom. The van der Waals surface area contributed by atoms with E-state index in [9.17, 15) is 14.7 Å². The highest BCUT2D eigenvalue weighted by molar-refractivity contribution is 5.87. The molecule has 1 aromatic rings. The minimum atomic E-state index is -0.965. The maximum absolute atomic E-state index is 12.5. The third kappa shape index (κ3) is 4.25. The van der Waals surface area contributed by atoms with E-state index in [0.717, 1.165) is 24.5 Å². The second-order valence-electron chi connectivity index (χ2n) is 6.60. The summed E-state index contributed by atoms with van der Waals surface area (Å²) in [6.07, 6.45) is 2.91. The average Bonchev–Trinajstić information content (AvgIpc) is 2.77. The number of carbonyl (C=O) groups is 2. The number of hydrogen-bond donors (Lipinski definition) is 1. The zero-order valence-electron chi connectivity index (χ0n) is 14.6. The van der Waals surface area contributed by atoms with Crippen molar-refractivity contribution in [1.82, 2.24) is 19.8 Å². The molecule has 1 aromatic heterocycles. The van der Waals surface area contributed by atoms with Crippen LogP contribution in [0.3, 0.4) is 0 Å². The van der Waals surface area contributed by atoms with Crippen molar-refractivity contribution in [3.8, 4) is 0 Å². The van der Waals surface area contributed by atoms with E-state index in [1.807, 2.05) is 13.0 Å². The molecule has 25 heavy (non-hydrogen) atoms. The topological polar surface area (TPSA) is 89.9 Å². The van der Waals surface area contributed by atoms with Gasteiger partial charge in [0.05, 0.1) is 6.54 Å². The SMILES string of the molecule is Cc1nccc(N2CCN(C(=O)CN3CCCCC(O)C3=O)CC2)n1. The van der Waals surface area contributed by atoms with Crippen molar-refractivity contribution < 1.29 is 14.7 Å². The Labute approximate surface area is 147 Å². The van der Waals surface area contributed by atoms with Crippen LogP contribution in [0.15, 0.2) is 12.3 Å². The zero-order valence-corrected chi connectivity index (χ0v) is 14.6. The number of aliphatic hydroxyl groups excluding tert-OH is 1. The van der Waals surface area contributed by atoms with Crippen molar-refractivity contribution in [2.45, 2.75) is 32.3 Å². The van der Waals surface area contributed by atoms with Crippen molar-refractivity contribution in [2.75, 3.05) is 44.2 Å². The second kappa shape index (κ2) is 7.77. The summed E-state index contributed by atoms with van der Waals surface area (Å²) in [5.74, 6) is 1.24. The van der Waals surface area contributed by atoms with Crippen LogP contribution in [0.2, 0.25) is 0 Å². The number of aliphatic hydroxyl groups is 1. The molecule has 0 saturated carbocycles. The van der Waals surface area contributed by atoms with E-state index in [0.29, 0.717) is 39.1 Å². The number of aryl methyl sites for hydroxylation is 1. The minimum absolute atomic E-state index is 0.0547. The zero-order chi connectivity index (χ0) is 17.8. The van der Waals surface area contributed by atoms with E-state index >= 15 is 0 Å². The summed E-state index contributed by atoms with van der Waals surface area (Å²) in [5.41, 5.74) is 0. The Morgan fingerprint density at radius 2 is 2.00 bits per heavy atom. The molecule has 1 unspecified atom stereocenters. The number of rotatable bonds is 3. The van der Waals surface area contributed by atoms with E-state index in [1.54, 1.807) is 11.1 Å². The minimum Gasteiger partial charge on any atom is -0.383 e. The highest BCUT2D eigenvalue weighted by Crippen LogP contribution is 2.15. The molecule has 2 aliphatic heterocycles. The van der Waals surface area contributed by atoms with Crippen LogP contribution in [-0.2, 0) is 9.59 Å². The number of amides is 2. The molecule has 136 valence electrons. The number of carbonyl (C=O) groups excluding carboxylic acids is 2. The molecule has 8 heteroatoms. The number of nitrogens with zero attached hydrogens (tertiary/aromatic N) is 5. The predicted molar refractivity (Wildman–Crippen MR) is 92.0 cm³/mol. The molecule has 0 bridgehead atoms. The van der Waals surface area contributed by atoms with Gasteiger partial charge in [-0.15, -0.1) is 0 Å². The number of aromatic nitrogens is 2. The average molecular weight is 347 g/mol. The van der Waals surface area contributed by atoms with Crippen LogP contribution in [0.1, 0.15) is 25.1 Å². The van der Waals surface area contributed by atoms with E-state index in [2.05, 4.69) is 14.9 Å². The molecule has 1 atom stereocenters. The predicted octanol–water partition coefficient (Wildman–Crippen LogP) is -0.193. The van der Waals surface area contributed by atoms with Crippen LogP contribution in [-0.4, -0.2) is 82.1 Å². The van der Waals surface area contributed by atoms with Gasteiger partial charge in [0.1, 0.15) is 17.7 Å². The van der Waals surface area contributed by atoms with Crippen LogP contribution in [0.25, 0.3) is 0 Å². The maximum atomic E-state index is 12.5. The lowest BCUT2D eigenvalue weighted by molar-refractivity contribution is -0.145. The molecule has 2 saturated heterocycles. The Morgan fingerprint density at radius 1 is 1.24 bits per heavy atom. The molecule has 3 rings (SSSR count). The number of likely N-dealkylation sites (tertiary alicyclic amines) is 1. The van der Waals surface area contributed by atoms with Crippen molar-refractivity contribution in [1.29, 1.82) is 0 Å². The maximum Gasteiger partial charge on any atom is 0.251 e. The number of piperazine rings is 1. The molecule has 8 nitrogen and oxygen atoms in total. The van der Waals surface area contributed by atoms with Crippen molar-refractivity contribution in [3.05, 3.63) is 18.1 Å². The molecular weight excluding hydrogens is 322 g/mol.